The van der Waals surface area contributed by atoms with E-state index in [-0.39, 0.29) is 13.2 Å². The Bertz CT molecular complexity index is 815. The maximum atomic E-state index is 9.36. The maximum absolute atomic E-state index is 9.36. The molecule has 1 aromatic heterocycles. The van der Waals surface area contributed by atoms with Crippen molar-refractivity contribution in [2.45, 2.75) is 6.10 Å². The highest BCUT2D eigenvalue weighted by Gasteiger charge is 2.09. The van der Waals surface area contributed by atoms with E-state index in [2.05, 4.69) is 34.1 Å². The minimum absolute atomic E-state index is 0.0691. The van der Waals surface area contributed by atoms with Gasteiger partial charge in [-0.15, -0.1) is 11.3 Å². The van der Waals surface area contributed by atoms with Crippen LogP contribution in [-0.4, -0.2) is 48.6 Å². The second kappa shape index (κ2) is 7.17. The molecule has 0 spiro atoms. The van der Waals surface area contributed by atoms with Crippen molar-refractivity contribution in [3.05, 3.63) is 42.5 Å². The van der Waals surface area contributed by atoms with E-state index in [4.69, 9.17) is 9.84 Å². The molecule has 0 saturated heterocycles. The first-order valence-corrected chi connectivity index (χ1v) is 8.48. The van der Waals surface area contributed by atoms with Gasteiger partial charge in [-0.1, -0.05) is 0 Å². The summed E-state index contributed by atoms with van der Waals surface area (Å²) in [6, 6.07) is 13.9. The highest BCUT2D eigenvalue weighted by Crippen LogP contribution is 2.33. The van der Waals surface area contributed by atoms with Crippen LogP contribution in [0, 0.1) is 0 Å². The SMILES string of the molecule is CN(C)c1ccc(-c2nc3ccc(OC[C@@H](O)CO)cc3s2)cc1. The number of rotatable bonds is 6. The summed E-state index contributed by atoms with van der Waals surface area (Å²) in [4.78, 5) is 6.73. The predicted octanol–water partition coefficient (Wildman–Crippen LogP) is 2.76. The molecule has 0 aliphatic heterocycles. The van der Waals surface area contributed by atoms with Gasteiger partial charge in [-0.25, -0.2) is 4.98 Å². The van der Waals surface area contributed by atoms with Gasteiger partial charge >= 0.3 is 0 Å². The zero-order valence-electron chi connectivity index (χ0n) is 13.6. The van der Waals surface area contributed by atoms with Crippen LogP contribution in [-0.2, 0) is 0 Å². The first-order valence-electron chi connectivity index (χ1n) is 7.67. The average molecular weight is 344 g/mol. The van der Waals surface area contributed by atoms with E-state index >= 15 is 0 Å². The maximum Gasteiger partial charge on any atom is 0.124 e. The van der Waals surface area contributed by atoms with Crippen LogP contribution in [0.25, 0.3) is 20.8 Å². The molecule has 24 heavy (non-hydrogen) atoms. The topological polar surface area (TPSA) is 65.8 Å². The monoisotopic (exact) mass is 344 g/mol. The van der Waals surface area contributed by atoms with Crippen LogP contribution >= 0.6 is 11.3 Å². The summed E-state index contributed by atoms with van der Waals surface area (Å²) in [6.45, 7) is -0.241. The largest absolute Gasteiger partial charge is 0.491 e. The van der Waals surface area contributed by atoms with Crippen LogP contribution in [0.3, 0.4) is 0 Å². The highest BCUT2D eigenvalue weighted by molar-refractivity contribution is 7.21. The van der Waals surface area contributed by atoms with Crippen molar-refractivity contribution < 1.29 is 14.9 Å². The molecular weight excluding hydrogens is 324 g/mol. The van der Waals surface area contributed by atoms with Gasteiger partial charge in [0, 0.05) is 25.3 Å². The molecule has 2 aromatic carbocycles. The van der Waals surface area contributed by atoms with E-state index in [1.165, 1.54) is 0 Å². The highest BCUT2D eigenvalue weighted by atomic mass is 32.1. The van der Waals surface area contributed by atoms with Crippen molar-refractivity contribution in [1.29, 1.82) is 0 Å². The van der Waals surface area contributed by atoms with Crippen molar-refractivity contribution in [1.82, 2.24) is 4.98 Å². The van der Waals surface area contributed by atoms with Gasteiger partial charge in [-0.3, -0.25) is 0 Å². The molecule has 2 N–H and O–H groups in total. The summed E-state index contributed by atoms with van der Waals surface area (Å²) in [6.07, 6.45) is -0.868. The van der Waals surface area contributed by atoms with E-state index in [1.54, 1.807) is 11.3 Å². The third-order valence-electron chi connectivity index (χ3n) is 3.64. The Kier molecular flexibility index (Phi) is 4.99. The van der Waals surface area contributed by atoms with Gasteiger partial charge in [0.05, 0.1) is 16.8 Å². The van der Waals surface area contributed by atoms with Gasteiger partial charge in [0.15, 0.2) is 0 Å². The fourth-order valence-corrected chi connectivity index (χ4v) is 3.27. The number of thiazole rings is 1. The zero-order valence-corrected chi connectivity index (χ0v) is 14.5. The number of nitrogens with zero attached hydrogens (tertiary/aromatic N) is 2. The Morgan fingerprint density at radius 1 is 1.17 bits per heavy atom. The van der Waals surface area contributed by atoms with Crippen molar-refractivity contribution >= 4 is 27.2 Å². The molecular formula is C18H20N2O3S. The summed E-state index contributed by atoms with van der Waals surface area (Å²) >= 11 is 1.60. The molecule has 3 aromatic rings. The molecule has 3 rings (SSSR count). The van der Waals surface area contributed by atoms with Gasteiger partial charge in [-0.05, 0) is 42.5 Å². The lowest BCUT2D eigenvalue weighted by molar-refractivity contribution is 0.0536. The van der Waals surface area contributed by atoms with Gasteiger partial charge in [0.25, 0.3) is 0 Å². The Labute approximate surface area is 144 Å². The van der Waals surface area contributed by atoms with Crippen LogP contribution < -0.4 is 9.64 Å². The minimum atomic E-state index is -0.868. The Balaban J connectivity index is 1.83. The van der Waals surface area contributed by atoms with E-state index in [1.807, 2.05) is 32.3 Å². The molecule has 0 aliphatic carbocycles. The van der Waals surface area contributed by atoms with Crippen LogP contribution in [0.5, 0.6) is 5.75 Å². The second-order valence-electron chi connectivity index (χ2n) is 5.74. The molecule has 0 saturated carbocycles. The lowest BCUT2D eigenvalue weighted by Crippen LogP contribution is -2.21. The van der Waals surface area contributed by atoms with Crippen molar-refractivity contribution in [3.63, 3.8) is 0 Å². The second-order valence-corrected chi connectivity index (χ2v) is 6.77. The summed E-state index contributed by atoms with van der Waals surface area (Å²) in [5, 5.41) is 19.1. The van der Waals surface area contributed by atoms with Crippen LogP contribution in [0.4, 0.5) is 5.69 Å². The van der Waals surface area contributed by atoms with Crippen molar-refractivity contribution in [3.8, 4) is 16.3 Å². The molecule has 126 valence electrons. The molecule has 1 heterocycles. The summed E-state index contributed by atoms with van der Waals surface area (Å²) in [5.41, 5.74) is 3.15. The molecule has 0 radical (unpaired) electrons. The standard InChI is InChI=1S/C18H20N2O3S/c1-20(2)13-5-3-12(4-6-13)18-19-16-8-7-15(9-17(16)24-18)23-11-14(22)10-21/h3-9,14,21-22H,10-11H2,1-2H3/t14-/m0/s1. The van der Waals surface area contributed by atoms with E-state index in [9.17, 15) is 5.11 Å². The molecule has 0 bridgehead atoms. The van der Waals surface area contributed by atoms with Crippen molar-refractivity contribution in [2.24, 2.45) is 0 Å². The first kappa shape index (κ1) is 16.7. The van der Waals surface area contributed by atoms with Crippen LogP contribution in [0.2, 0.25) is 0 Å². The number of anilines is 1. The summed E-state index contributed by atoms with van der Waals surface area (Å²) < 4.78 is 6.51. The van der Waals surface area contributed by atoms with Crippen molar-refractivity contribution in [2.75, 3.05) is 32.2 Å². The average Bonchev–Trinajstić information content (AvgIpc) is 3.03. The minimum Gasteiger partial charge on any atom is -0.491 e. The fraction of sp³-hybridized carbons (Fsp3) is 0.278. The molecule has 0 aliphatic rings. The number of benzene rings is 2. The fourth-order valence-electron chi connectivity index (χ4n) is 2.27. The van der Waals surface area contributed by atoms with Gasteiger partial charge in [-0.2, -0.15) is 0 Å². The number of aliphatic hydroxyl groups excluding tert-OH is 2. The lowest BCUT2D eigenvalue weighted by atomic mass is 10.2. The number of hydrogen-bond donors (Lipinski definition) is 2. The predicted molar refractivity (Wildman–Crippen MR) is 98.0 cm³/mol. The number of ether oxygens (including phenoxy) is 1. The van der Waals surface area contributed by atoms with Gasteiger partial charge in [0.2, 0.25) is 0 Å². The molecule has 0 amide bonds. The smallest absolute Gasteiger partial charge is 0.124 e. The van der Waals surface area contributed by atoms with Crippen LogP contribution in [0.1, 0.15) is 0 Å². The molecule has 5 nitrogen and oxygen atoms in total. The Morgan fingerprint density at radius 2 is 1.92 bits per heavy atom. The molecule has 0 unspecified atom stereocenters. The third kappa shape index (κ3) is 3.67. The van der Waals surface area contributed by atoms with Gasteiger partial charge < -0.3 is 19.8 Å². The normalized spacial score (nSPS) is 12.3. The van der Waals surface area contributed by atoms with E-state index < -0.39 is 6.10 Å². The number of fused-ring (bicyclic) bond motifs is 1. The molecule has 1 atom stereocenters. The van der Waals surface area contributed by atoms with Crippen LogP contribution in [0.15, 0.2) is 42.5 Å². The quantitative estimate of drug-likeness (QED) is 0.720. The summed E-state index contributed by atoms with van der Waals surface area (Å²) in [5.74, 6) is 0.660. The summed E-state index contributed by atoms with van der Waals surface area (Å²) in [7, 11) is 4.03. The zero-order chi connectivity index (χ0) is 17.1. The molecule has 6 heteroatoms. The number of aromatic nitrogens is 1. The van der Waals surface area contributed by atoms with E-state index in [0.717, 1.165) is 26.5 Å². The Hall–Kier alpha value is -2.15. The number of aliphatic hydroxyl groups is 2. The molecule has 0 fully saturated rings. The lowest BCUT2D eigenvalue weighted by Gasteiger charge is -2.11. The van der Waals surface area contributed by atoms with E-state index in [0.29, 0.717) is 5.75 Å². The third-order valence-corrected chi connectivity index (χ3v) is 4.71. The first-order chi connectivity index (χ1) is 11.6. The Morgan fingerprint density at radius 3 is 2.58 bits per heavy atom. The number of hydrogen-bond acceptors (Lipinski definition) is 6. The van der Waals surface area contributed by atoms with Gasteiger partial charge in [0.1, 0.15) is 23.5 Å².